The highest BCUT2D eigenvalue weighted by molar-refractivity contribution is 8.15. The molecule has 0 radical (unpaired) electrons. The molecule has 2 aliphatic heterocycles. The lowest BCUT2D eigenvalue weighted by atomic mass is 10.1. The van der Waals surface area contributed by atoms with E-state index in [1.165, 1.54) is 11.8 Å². The Labute approximate surface area is 168 Å². The number of amidine groups is 1. The number of amides is 1. The number of aliphatic imine (C=N–C) groups is 1. The van der Waals surface area contributed by atoms with Crippen LogP contribution in [0, 0.1) is 0 Å². The van der Waals surface area contributed by atoms with Crippen LogP contribution in [-0.4, -0.2) is 53.8 Å². The number of sulfone groups is 1. The van der Waals surface area contributed by atoms with Gasteiger partial charge in [-0.1, -0.05) is 60.3 Å². The number of fused-ring (bicyclic) bond motifs is 1. The first kappa shape index (κ1) is 19.0. The van der Waals surface area contributed by atoms with Gasteiger partial charge in [-0.15, -0.1) is 0 Å². The van der Waals surface area contributed by atoms with E-state index in [2.05, 4.69) is 4.99 Å². The van der Waals surface area contributed by atoms with E-state index in [1.54, 1.807) is 12.1 Å². The molecule has 6 nitrogen and oxygen atoms in total. The maximum atomic E-state index is 12.3. The number of carbonyl (C=O) groups excluding carboxylic acids is 1. The summed E-state index contributed by atoms with van der Waals surface area (Å²) in [6.45, 7) is 0.372. The number of ether oxygens (including phenoxy) is 1. The third-order valence-corrected chi connectivity index (χ3v) is 7.94. The van der Waals surface area contributed by atoms with Crippen molar-refractivity contribution in [2.24, 2.45) is 4.99 Å². The Bertz CT molecular complexity index is 978. The highest BCUT2D eigenvalue weighted by atomic mass is 32.2. The van der Waals surface area contributed by atoms with Crippen LogP contribution in [0.15, 0.2) is 65.7 Å². The second-order valence-electron chi connectivity index (χ2n) is 6.80. The van der Waals surface area contributed by atoms with Crippen molar-refractivity contribution in [3.05, 3.63) is 66.2 Å². The normalized spacial score (nSPS) is 24.3. The lowest BCUT2D eigenvalue weighted by Crippen LogP contribution is -2.37. The second kappa shape index (κ2) is 7.97. The molecule has 0 unspecified atom stereocenters. The molecule has 0 N–H and O–H groups in total. The average molecular weight is 417 g/mol. The number of rotatable bonds is 5. The highest BCUT2D eigenvalue weighted by Crippen LogP contribution is 2.39. The summed E-state index contributed by atoms with van der Waals surface area (Å²) in [5.41, 5.74) is 1.05. The van der Waals surface area contributed by atoms with E-state index in [4.69, 9.17) is 4.74 Å². The lowest BCUT2D eigenvalue weighted by molar-refractivity contribution is -0.119. The van der Waals surface area contributed by atoms with Gasteiger partial charge in [0.2, 0.25) is 0 Å². The predicted molar refractivity (Wildman–Crippen MR) is 110 cm³/mol. The topological polar surface area (TPSA) is 76.0 Å². The van der Waals surface area contributed by atoms with Crippen LogP contribution in [0.1, 0.15) is 5.56 Å². The molecule has 0 bridgehead atoms. The Kier molecular flexibility index (Phi) is 5.41. The van der Waals surface area contributed by atoms with Crippen LogP contribution in [0.5, 0.6) is 5.75 Å². The average Bonchev–Trinajstić information content (AvgIpc) is 3.14. The number of thioether (sulfide) groups is 1. The van der Waals surface area contributed by atoms with E-state index >= 15 is 0 Å². The lowest BCUT2D eigenvalue weighted by Gasteiger charge is -2.24. The van der Waals surface area contributed by atoms with Crippen LogP contribution in [0.25, 0.3) is 0 Å². The van der Waals surface area contributed by atoms with Crippen LogP contribution in [0.3, 0.4) is 0 Å². The molecule has 2 heterocycles. The van der Waals surface area contributed by atoms with Crippen molar-refractivity contribution in [1.29, 1.82) is 0 Å². The Morgan fingerprint density at radius 2 is 1.75 bits per heavy atom. The summed E-state index contributed by atoms with van der Waals surface area (Å²) in [4.78, 5) is 18.5. The van der Waals surface area contributed by atoms with Crippen molar-refractivity contribution in [3.8, 4) is 5.75 Å². The molecule has 0 aliphatic carbocycles. The monoisotopic (exact) mass is 416 g/mol. The maximum absolute atomic E-state index is 12.3. The van der Waals surface area contributed by atoms with Crippen molar-refractivity contribution < 1.29 is 17.9 Å². The molecule has 2 aliphatic rings. The van der Waals surface area contributed by atoms with Gasteiger partial charge in [0, 0.05) is 11.8 Å². The van der Waals surface area contributed by atoms with Gasteiger partial charge in [-0.05, 0) is 17.7 Å². The fraction of sp³-hybridized carbons (Fsp3) is 0.300. The first-order valence-corrected chi connectivity index (χ1v) is 11.7. The molecule has 4 rings (SSSR count). The molecule has 2 aromatic rings. The Morgan fingerprint density at radius 3 is 2.46 bits per heavy atom. The zero-order valence-electron chi connectivity index (χ0n) is 15.1. The fourth-order valence-electron chi connectivity index (χ4n) is 3.40. The van der Waals surface area contributed by atoms with E-state index in [-0.39, 0.29) is 35.3 Å². The number of hydrogen-bond donors (Lipinski definition) is 0. The SMILES string of the molecule is O=C(COc1ccccc1)N=C1S[C@@H]2CS(=O)(=O)C[C@@H]2N1Cc1ccccc1. The third-order valence-electron chi connectivity index (χ3n) is 4.70. The smallest absolute Gasteiger partial charge is 0.285 e. The molecule has 2 aromatic carbocycles. The van der Waals surface area contributed by atoms with Crippen molar-refractivity contribution in [2.75, 3.05) is 18.1 Å². The van der Waals surface area contributed by atoms with Crippen LogP contribution in [-0.2, 0) is 21.2 Å². The summed E-state index contributed by atoms with van der Waals surface area (Å²) in [5, 5.41) is 0.491. The van der Waals surface area contributed by atoms with Gasteiger partial charge < -0.3 is 9.64 Å². The van der Waals surface area contributed by atoms with Gasteiger partial charge in [0.05, 0.1) is 17.5 Å². The number of benzene rings is 2. The minimum absolute atomic E-state index is 0.0877. The zero-order chi connectivity index (χ0) is 19.6. The van der Waals surface area contributed by atoms with Crippen molar-refractivity contribution >= 4 is 32.7 Å². The summed E-state index contributed by atoms with van der Waals surface area (Å²) < 4.78 is 29.6. The van der Waals surface area contributed by atoms with E-state index in [1.807, 2.05) is 53.4 Å². The largest absolute Gasteiger partial charge is 0.484 e. The molecule has 0 spiro atoms. The van der Waals surface area contributed by atoms with Crippen molar-refractivity contribution in [3.63, 3.8) is 0 Å². The van der Waals surface area contributed by atoms with Crippen LogP contribution in [0.4, 0.5) is 0 Å². The Morgan fingerprint density at radius 1 is 1.07 bits per heavy atom. The van der Waals surface area contributed by atoms with Crippen molar-refractivity contribution in [2.45, 2.75) is 17.8 Å². The molecule has 0 aromatic heterocycles. The number of para-hydroxylation sites is 1. The third kappa shape index (κ3) is 4.39. The Hall–Kier alpha value is -2.32. The first-order chi connectivity index (χ1) is 13.5. The number of hydrogen-bond acceptors (Lipinski definition) is 5. The van der Waals surface area contributed by atoms with Gasteiger partial charge in [-0.2, -0.15) is 4.99 Å². The standard InChI is InChI=1S/C20H20N2O4S2/c23-19(12-26-16-9-5-2-6-10-16)21-20-22(11-15-7-3-1-4-8-15)17-13-28(24,25)14-18(17)27-20/h1-10,17-18H,11-14H2/t17-,18+/m0/s1. The first-order valence-electron chi connectivity index (χ1n) is 8.97. The molecule has 28 heavy (non-hydrogen) atoms. The summed E-state index contributed by atoms with van der Waals surface area (Å²) in [6, 6.07) is 18.7. The van der Waals surface area contributed by atoms with Crippen molar-refractivity contribution in [1.82, 2.24) is 4.90 Å². The summed E-state index contributed by atoms with van der Waals surface area (Å²) in [5.74, 6) is 0.457. The van der Waals surface area contributed by atoms with Crippen LogP contribution < -0.4 is 4.74 Å². The van der Waals surface area contributed by atoms with E-state index < -0.39 is 9.84 Å². The highest BCUT2D eigenvalue weighted by Gasteiger charge is 2.48. The molecule has 8 heteroatoms. The van der Waals surface area contributed by atoms with Crippen LogP contribution in [0.2, 0.25) is 0 Å². The molecule has 1 amide bonds. The number of nitrogens with zero attached hydrogens (tertiary/aromatic N) is 2. The van der Waals surface area contributed by atoms with Gasteiger partial charge >= 0.3 is 0 Å². The molecule has 2 atom stereocenters. The van der Waals surface area contributed by atoms with Gasteiger partial charge in [-0.25, -0.2) is 8.42 Å². The van der Waals surface area contributed by atoms with E-state index in [9.17, 15) is 13.2 Å². The zero-order valence-corrected chi connectivity index (χ0v) is 16.7. The van der Waals surface area contributed by atoms with Gasteiger partial charge in [-0.3, -0.25) is 4.79 Å². The minimum atomic E-state index is -3.06. The number of carbonyl (C=O) groups is 1. The quantitative estimate of drug-likeness (QED) is 0.745. The minimum Gasteiger partial charge on any atom is -0.484 e. The Balaban J connectivity index is 1.50. The molecule has 2 saturated heterocycles. The van der Waals surface area contributed by atoms with Gasteiger partial charge in [0.25, 0.3) is 5.91 Å². The fourth-order valence-corrected chi connectivity index (χ4v) is 7.37. The van der Waals surface area contributed by atoms with E-state index in [0.717, 1.165) is 5.56 Å². The maximum Gasteiger partial charge on any atom is 0.285 e. The second-order valence-corrected chi connectivity index (χ2v) is 10.2. The molecular weight excluding hydrogens is 396 g/mol. The van der Waals surface area contributed by atoms with E-state index in [0.29, 0.717) is 17.5 Å². The predicted octanol–water partition coefficient (Wildman–Crippen LogP) is 2.36. The molecular formula is C20H20N2O4S2. The van der Waals surface area contributed by atoms with Crippen LogP contribution >= 0.6 is 11.8 Å². The van der Waals surface area contributed by atoms with Gasteiger partial charge in [0.1, 0.15) is 5.75 Å². The summed E-state index contributed by atoms with van der Waals surface area (Å²) in [6.07, 6.45) is 0. The molecule has 2 fully saturated rings. The molecule has 146 valence electrons. The van der Waals surface area contributed by atoms with Gasteiger partial charge in [0.15, 0.2) is 21.6 Å². The summed E-state index contributed by atoms with van der Waals surface area (Å²) in [7, 11) is -3.06. The molecule has 0 saturated carbocycles. The summed E-state index contributed by atoms with van der Waals surface area (Å²) >= 11 is 1.38.